The van der Waals surface area contributed by atoms with E-state index < -0.39 is 0 Å². The first-order valence-electron chi connectivity index (χ1n) is 5.69. The molecule has 4 nitrogen and oxygen atoms in total. The van der Waals surface area contributed by atoms with Gasteiger partial charge in [0.1, 0.15) is 0 Å². The number of carbonyl (C=O) groups excluding carboxylic acids is 1. The fourth-order valence-corrected chi connectivity index (χ4v) is 1.56. The molecule has 0 spiro atoms. The summed E-state index contributed by atoms with van der Waals surface area (Å²) in [5, 5.41) is 11.7. The number of amides is 1. The van der Waals surface area contributed by atoms with Gasteiger partial charge in [-0.25, -0.2) is 0 Å². The lowest BCUT2D eigenvalue weighted by molar-refractivity contribution is -0.116. The Balaban J connectivity index is 2.68. The van der Waals surface area contributed by atoms with Crippen LogP contribution in [0.5, 0.6) is 0 Å². The van der Waals surface area contributed by atoms with Crippen LogP contribution in [0.25, 0.3) is 0 Å². The maximum Gasteiger partial charge on any atom is 0.225 e. The minimum Gasteiger partial charge on any atom is -0.327 e. The van der Waals surface area contributed by atoms with Crippen molar-refractivity contribution in [1.82, 2.24) is 0 Å². The molecule has 0 radical (unpaired) electrons. The molecule has 5 heteroatoms. The number of carbonyl (C=O) groups is 1. The van der Waals surface area contributed by atoms with Gasteiger partial charge in [-0.2, -0.15) is 5.26 Å². The summed E-state index contributed by atoms with van der Waals surface area (Å²) in [6.45, 7) is 3.93. The second-order valence-electron chi connectivity index (χ2n) is 4.47. The number of anilines is 1. The molecule has 0 heterocycles. The number of halogens is 1. The number of hydrogen-bond donors (Lipinski definition) is 2. The average molecular weight is 266 g/mol. The Labute approximate surface area is 112 Å². The number of nitrogens with one attached hydrogen (secondary N) is 1. The van der Waals surface area contributed by atoms with Crippen LogP contribution in [0.3, 0.4) is 0 Å². The van der Waals surface area contributed by atoms with Gasteiger partial charge < -0.3 is 11.1 Å². The second-order valence-corrected chi connectivity index (χ2v) is 4.87. The first-order chi connectivity index (χ1) is 8.43. The maximum atomic E-state index is 11.7. The fraction of sp³-hybridized carbons (Fsp3) is 0.385. The Bertz CT molecular complexity index is 480. The van der Waals surface area contributed by atoms with Crippen LogP contribution < -0.4 is 11.1 Å². The molecule has 1 aromatic rings. The van der Waals surface area contributed by atoms with Crippen LogP contribution in [-0.4, -0.2) is 11.9 Å². The highest BCUT2D eigenvalue weighted by atomic mass is 35.5. The molecular weight excluding hydrogens is 250 g/mol. The summed E-state index contributed by atoms with van der Waals surface area (Å²) in [7, 11) is 0. The number of rotatable bonds is 4. The minimum atomic E-state index is -0.179. The van der Waals surface area contributed by atoms with Crippen molar-refractivity contribution in [2.45, 2.75) is 26.3 Å². The molecule has 96 valence electrons. The topological polar surface area (TPSA) is 78.9 Å². The number of nitriles is 1. The van der Waals surface area contributed by atoms with Crippen LogP contribution in [0.1, 0.15) is 25.8 Å². The lowest BCUT2D eigenvalue weighted by atomic mass is 10.0. The summed E-state index contributed by atoms with van der Waals surface area (Å²) in [4.78, 5) is 11.7. The number of benzene rings is 1. The van der Waals surface area contributed by atoms with E-state index in [1.807, 2.05) is 19.9 Å². The molecule has 1 amide bonds. The molecule has 0 aromatic heterocycles. The van der Waals surface area contributed by atoms with Gasteiger partial charge in [-0.1, -0.05) is 25.4 Å². The molecule has 18 heavy (non-hydrogen) atoms. The maximum absolute atomic E-state index is 11.7. The van der Waals surface area contributed by atoms with E-state index in [0.717, 1.165) is 0 Å². The quantitative estimate of drug-likeness (QED) is 0.878. The van der Waals surface area contributed by atoms with Crippen LogP contribution in [0.4, 0.5) is 5.69 Å². The summed E-state index contributed by atoms with van der Waals surface area (Å²) < 4.78 is 0. The first-order valence-corrected chi connectivity index (χ1v) is 6.07. The number of nitrogens with two attached hydrogens (primary N) is 1. The third-order valence-electron chi connectivity index (χ3n) is 2.65. The molecule has 3 N–H and O–H groups in total. The van der Waals surface area contributed by atoms with E-state index >= 15 is 0 Å². The van der Waals surface area contributed by atoms with E-state index in [9.17, 15) is 4.79 Å². The van der Waals surface area contributed by atoms with Crippen molar-refractivity contribution in [2.75, 3.05) is 5.32 Å². The molecule has 0 saturated heterocycles. The lowest BCUT2D eigenvalue weighted by Gasteiger charge is -2.15. The predicted molar refractivity (Wildman–Crippen MR) is 72.2 cm³/mol. The van der Waals surface area contributed by atoms with Gasteiger partial charge in [0.2, 0.25) is 5.91 Å². The molecular formula is C13H16ClN3O. The van der Waals surface area contributed by atoms with Crippen molar-refractivity contribution in [1.29, 1.82) is 5.26 Å². The third-order valence-corrected chi connectivity index (χ3v) is 2.96. The van der Waals surface area contributed by atoms with Crippen LogP contribution in [0.15, 0.2) is 18.2 Å². The molecule has 1 aromatic carbocycles. The van der Waals surface area contributed by atoms with Gasteiger partial charge in [0, 0.05) is 12.5 Å². The van der Waals surface area contributed by atoms with Gasteiger partial charge in [0.05, 0.1) is 22.3 Å². The Hall–Kier alpha value is -1.57. The molecule has 1 rings (SSSR count). The van der Waals surface area contributed by atoms with Crippen molar-refractivity contribution >= 4 is 23.2 Å². The van der Waals surface area contributed by atoms with Gasteiger partial charge >= 0.3 is 0 Å². The highest BCUT2D eigenvalue weighted by Crippen LogP contribution is 2.23. The zero-order chi connectivity index (χ0) is 13.7. The third kappa shape index (κ3) is 4.02. The largest absolute Gasteiger partial charge is 0.327 e. The number of hydrogen-bond acceptors (Lipinski definition) is 3. The monoisotopic (exact) mass is 265 g/mol. The van der Waals surface area contributed by atoms with Crippen molar-refractivity contribution in [3.63, 3.8) is 0 Å². The molecule has 0 aliphatic rings. The summed E-state index contributed by atoms with van der Waals surface area (Å²) in [6, 6.07) is 6.53. The number of nitrogens with zero attached hydrogens (tertiary/aromatic N) is 1. The standard InChI is InChI=1S/C13H16ClN3O/c1-8(2)11(16)6-13(18)17-12-4-3-9(7-15)5-10(12)14/h3-5,8,11H,6,16H2,1-2H3,(H,17,18). The van der Waals surface area contributed by atoms with E-state index in [1.54, 1.807) is 12.1 Å². The van der Waals surface area contributed by atoms with Crippen molar-refractivity contribution < 1.29 is 4.79 Å². The molecule has 1 unspecified atom stereocenters. The molecule has 0 aliphatic carbocycles. The van der Waals surface area contributed by atoms with Crippen LogP contribution in [-0.2, 0) is 4.79 Å². The first kappa shape index (κ1) is 14.5. The molecule has 0 saturated carbocycles. The summed E-state index contributed by atoms with van der Waals surface area (Å²) in [5.74, 6) is 0.0648. The van der Waals surface area contributed by atoms with Crippen LogP contribution >= 0.6 is 11.6 Å². The van der Waals surface area contributed by atoms with E-state index in [-0.39, 0.29) is 24.3 Å². The Morgan fingerprint density at radius 3 is 2.72 bits per heavy atom. The fourth-order valence-electron chi connectivity index (χ4n) is 1.34. The van der Waals surface area contributed by atoms with Gasteiger partial charge in [-0.15, -0.1) is 0 Å². The molecule has 0 bridgehead atoms. The SMILES string of the molecule is CC(C)C(N)CC(=O)Nc1ccc(C#N)cc1Cl. The van der Waals surface area contributed by atoms with Gasteiger partial charge in [0.25, 0.3) is 0 Å². The van der Waals surface area contributed by atoms with Crippen molar-refractivity contribution in [2.24, 2.45) is 11.7 Å². The highest BCUT2D eigenvalue weighted by molar-refractivity contribution is 6.33. The minimum absolute atomic E-state index is 0.178. The Morgan fingerprint density at radius 1 is 1.56 bits per heavy atom. The van der Waals surface area contributed by atoms with E-state index in [1.165, 1.54) is 6.07 Å². The predicted octanol–water partition coefficient (Wildman–Crippen LogP) is 2.52. The lowest BCUT2D eigenvalue weighted by Crippen LogP contribution is -2.31. The molecule has 0 fully saturated rings. The van der Waals surface area contributed by atoms with Gasteiger partial charge in [-0.05, 0) is 24.1 Å². The average Bonchev–Trinajstić information content (AvgIpc) is 2.31. The summed E-state index contributed by atoms with van der Waals surface area (Å²) in [6.07, 6.45) is 0.244. The highest BCUT2D eigenvalue weighted by Gasteiger charge is 2.14. The van der Waals surface area contributed by atoms with Gasteiger partial charge in [0.15, 0.2) is 0 Å². The molecule has 0 aliphatic heterocycles. The van der Waals surface area contributed by atoms with Crippen molar-refractivity contribution in [3.05, 3.63) is 28.8 Å². The van der Waals surface area contributed by atoms with Crippen LogP contribution in [0.2, 0.25) is 5.02 Å². The zero-order valence-electron chi connectivity index (χ0n) is 10.4. The Morgan fingerprint density at radius 2 is 2.22 bits per heavy atom. The van der Waals surface area contributed by atoms with Crippen LogP contribution in [0, 0.1) is 17.2 Å². The normalized spacial score (nSPS) is 12.0. The summed E-state index contributed by atoms with van der Waals surface area (Å²) >= 11 is 5.95. The van der Waals surface area contributed by atoms with E-state index in [4.69, 9.17) is 22.6 Å². The zero-order valence-corrected chi connectivity index (χ0v) is 11.2. The Kier molecular flexibility index (Phi) is 5.14. The van der Waals surface area contributed by atoms with Crippen molar-refractivity contribution in [3.8, 4) is 6.07 Å². The molecule has 1 atom stereocenters. The van der Waals surface area contributed by atoms with E-state index in [2.05, 4.69) is 5.32 Å². The van der Waals surface area contributed by atoms with Gasteiger partial charge in [-0.3, -0.25) is 4.79 Å². The smallest absolute Gasteiger partial charge is 0.225 e. The van der Waals surface area contributed by atoms with E-state index in [0.29, 0.717) is 16.3 Å². The second kappa shape index (κ2) is 6.39. The summed E-state index contributed by atoms with van der Waals surface area (Å²) in [5.41, 5.74) is 6.77.